The largest absolute Gasteiger partial charge is 0.385 e. The van der Waals surface area contributed by atoms with Crippen molar-refractivity contribution in [2.75, 3.05) is 23.3 Å². The van der Waals surface area contributed by atoms with Crippen LogP contribution in [0.3, 0.4) is 0 Å². The zero-order valence-corrected chi connectivity index (χ0v) is 16.0. The molecular weight excluding hydrogens is 338 g/mol. The molecular formula is C22H27N3O2. The topological polar surface area (TPSA) is 75.4 Å². The summed E-state index contributed by atoms with van der Waals surface area (Å²) in [6.45, 7) is 5.76. The monoisotopic (exact) mass is 365 g/mol. The van der Waals surface area contributed by atoms with E-state index in [0.29, 0.717) is 29.3 Å². The number of unbranched alkanes of at least 4 members (excludes halogenated alkanes) is 2. The highest BCUT2D eigenvalue weighted by Gasteiger charge is 2.36. The molecule has 0 atom stereocenters. The fourth-order valence-electron chi connectivity index (χ4n) is 3.27. The van der Waals surface area contributed by atoms with Gasteiger partial charge in [-0.25, -0.2) is 4.90 Å². The van der Waals surface area contributed by atoms with Gasteiger partial charge >= 0.3 is 0 Å². The Balaban J connectivity index is 1.75. The zero-order chi connectivity index (χ0) is 19.4. The number of nitrogens with one attached hydrogen (secondary N) is 1. The first-order valence-electron chi connectivity index (χ1n) is 9.59. The molecule has 5 nitrogen and oxygen atoms in total. The van der Waals surface area contributed by atoms with Crippen LogP contribution in [0.4, 0.5) is 11.4 Å². The van der Waals surface area contributed by atoms with Gasteiger partial charge in [0.1, 0.15) is 0 Å². The molecule has 2 aromatic rings. The predicted molar refractivity (Wildman–Crippen MR) is 110 cm³/mol. The van der Waals surface area contributed by atoms with Gasteiger partial charge in [-0.05, 0) is 61.2 Å². The number of carbonyl (C=O) groups is 2. The van der Waals surface area contributed by atoms with E-state index >= 15 is 0 Å². The van der Waals surface area contributed by atoms with Crippen LogP contribution in [0.25, 0.3) is 0 Å². The van der Waals surface area contributed by atoms with Crippen molar-refractivity contribution in [1.82, 2.24) is 0 Å². The molecule has 3 N–H and O–H groups in total. The molecule has 0 bridgehead atoms. The number of anilines is 2. The van der Waals surface area contributed by atoms with Gasteiger partial charge < -0.3 is 11.1 Å². The van der Waals surface area contributed by atoms with Crippen molar-refractivity contribution >= 4 is 23.2 Å². The zero-order valence-electron chi connectivity index (χ0n) is 16.0. The number of amides is 2. The second kappa shape index (κ2) is 8.35. The number of nitrogens with zero attached hydrogens (tertiary/aromatic N) is 1. The standard InChI is InChI=1S/C22H27N3O2/c1-15(2)16-6-9-18(10-7-16)25-21(26)19-11-8-17(14-20(19)22(25)27)24-13-5-3-4-12-23/h6-11,14-15,24H,3-5,12-13,23H2,1-2H3. The molecule has 5 heteroatoms. The third kappa shape index (κ3) is 4.03. The van der Waals surface area contributed by atoms with E-state index in [4.69, 9.17) is 5.73 Å². The number of benzene rings is 2. The number of carbonyl (C=O) groups excluding carboxylic acids is 2. The first kappa shape index (κ1) is 19.1. The Kier molecular flexibility index (Phi) is 5.91. The van der Waals surface area contributed by atoms with Crippen molar-refractivity contribution in [3.05, 3.63) is 59.2 Å². The lowest BCUT2D eigenvalue weighted by atomic mass is 10.0. The average molecular weight is 365 g/mol. The Hall–Kier alpha value is -2.66. The second-order valence-electron chi connectivity index (χ2n) is 7.23. The van der Waals surface area contributed by atoms with Crippen molar-refractivity contribution in [2.45, 2.75) is 39.0 Å². The summed E-state index contributed by atoms with van der Waals surface area (Å²) in [6.07, 6.45) is 3.12. The summed E-state index contributed by atoms with van der Waals surface area (Å²) < 4.78 is 0. The van der Waals surface area contributed by atoms with Gasteiger partial charge in [0.25, 0.3) is 11.8 Å². The molecule has 142 valence electrons. The molecule has 0 spiro atoms. The molecule has 0 saturated carbocycles. The van der Waals surface area contributed by atoms with Crippen molar-refractivity contribution in [3.63, 3.8) is 0 Å². The Morgan fingerprint density at radius 2 is 1.63 bits per heavy atom. The summed E-state index contributed by atoms with van der Waals surface area (Å²) in [5.74, 6) is -0.124. The van der Waals surface area contributed by atoms with Crippen LogP contribution in [-0.2, 0) is 0 Å². The molecule has 1 aliphatic heterocycles. The normalized spacial score (nSPS) is 13.4. The molecule has 0 unspecified atom stereocenters. The predicted octanol–water partition coefficient (Wildman–Crippen LogP) is 4.15. The van der Waals surface area contributed by atoms with E-state index in [0.717, 1.165) is 31.5 Å². The molecule has 2 aromatic carbocycles. The average Bonchev–Trinajstić information content (AvgIpc) is 2.92. The van der Waals surface area contributed by atoms with Crippen molar-refractivity contribution < 1.29 is 9.59 Å². The molecule has 0 aliphatic carbocycles. The first-order chi connectivity index (χ1) is 13.0. The van der Waals surface area contributed by atoms with Crippen LogP contribution in [0, 0.1) is 0 Å². The number of nitrogens with two attached hydrogens (primary N) is 1. The Morgan fingerprint density at radius 1 is 0.926 bits per heavy atom. The smallest absolute Gasteiger partial charge is 0.266 e. The van der Waals surface area contributed by atoms with Crippen LogP contribution < -0.4 is 16.0 Å². The van der Waals surface area contributed by atoms with Gasteiger partial charge in [-0.15, -0.1) is 0 Å². The highest BCUT2D eigenvalue weighted by molar-refractivity contribution is 6.34. The van der Waals surface area contributed by atoms with Crippen molar-refractivity contribution in [2.24, 2.45) is 5.73 Å². The van der Waals surface area contributed by atoms with Crippen molar-refractivity contribution in [3.8, 4) is 0 Å². The van der Waals surface area contributed by atoms with Gasteiger partial charge in [-0.1, -0.05) is 32.4 Å². The van der Waals surface area contributed by atoms with E-state index in [1.54, 1.807) is 12.1 Å². The molecule has 1 heterocycles. The number of imide groups is 1. The van der Waals surface area contributed by atoms with Gasteiger partial charge in [-0.2, -0.15) is 0 Å². The van der Waals surface area contributed by atoms with E-state index in [-0.39, 0.29) is 11.8 Å². The molecule has 0 saturated heterocycles. The fraction of sp³-hybridized carbons (Fsp3) is 0.364. The van der Waals surface area contributed by atoms with Gasteiger partial charge in [0.05, 0.1) is 16.8 Å². The molecule has 3 rings (SSSR count). The van der Waals surface area contributed by atoms with E-state index < -0.39 is 0 Å². The van der Waals surface area contributed by atoms with Gasteiger partial charge in [0.2, 0.25) is 0 Å². The van der Waals surface area contributed by atoms with Gasteiger partial charge in [0.15, 0.2) is 0 Å². The highest BCUT2D eigenvalue weighted by Crippen LogP contribution is 2.31. The third-order valence-electron chi connectivity index (χ3n) is 4.91. The van der Waals surface area contributed by atoms with E-state index in [2.05, 4.69) is 19.2 Å². The molecule has 1 aliphatic rings. The summed E-state index contributed by atoms with van der Waals surface area (Å²) in [7, 11) is 0. The molecule has 0 fully saturated rings. The number of hydrogen-bond donors (Lipinski definition) is 2. The summed E-state index contributed by atoms with van der Waals surface area (Å²) in [5, 5.41) is 3.32. The highest BCUT2D eigenvalue weighted by atomic mass is 16.2. The van der Waals surface area contributed by atoms with Crippen molar-refractivity contribution in [1.29, 1.82) is 0 Å². The number of rotatable bonds is 8. The van der Waals surface area contributed by atoms with E-state index in [9.17, 15) is 9.59 Å². The minimum Gasteiger partial charge on any atom is -0.385 e. The molecule has 2 amide bonds. The summed E-state index contributed by atoms with van der Waals surface area (Å²) in [5.41, 5.74) is 9.07. The second-order valence-corrected chi connectivity index (χ2v) is 7.23. The summed E-state index contributed by atoms with van der Waals surface area (Å²) in [4.78, 5) is 26.9. The van der Waals surface area contributed by atoms with E-state index in [1.807, 2.05) is 30.3 Å². The molecule has 27 heavy (non-hydrogen) atoms. The maximum atomic E-state index is 12.9. The quantitative estimate of drug-likeness (QED) is 0.544. The third-order valence-corrected chi connectivity index (χ3v) is 4.91. The number of fused-ring (bicyclic) bond motifs is 1. The lowest BCUT2D eigenvalue weighted by molar-refractivity contribution is 0.0926. The van der Waals surface area contributed by atoms with Crippen LogP contribution in [-0.4, -0.2) is 24.9 Å². The lowest BCUT2D eigenvalue weighted by Gasteiger charge is -2.15. The van der Waals surface area contributed by atoms with Crippen LogP contribution in [0.1, 0.15) is 65.3 Å². The van der Waals surface area contributed by atoms with Crippen LogP contribution in [0.5, 0.6) is 0 Å². The Morgan fingerprint density at radius 3 is 2.30 bits per heavy atom. The first-order valence-corrected chi connectivity index (χ1v) is 9.59. The lowest BCUT2D eigenvalue weighted by Crippen LogP contribution is -2.29. The van der Waals surface area contributed by atoms with E-state index in [1.165, 1.54) is 10.5 Å². The van der Waals surface area contributed by atoms with Gasteiger partial charge in [-0.3, -0.25) is 9.59 Å². The minimum absolute atomic E-state index is 0.262. The fourth-order valence-corrected chi connectivity index (χ4v) is 3.27. The maximum Gasteiger partial charge on any atom is 0.266 e. The number of hydrogen-bond acceptors (Lipinski definition) is 4. The SMILES string of the molecule is CC(C)c1ccc(N2C(=O)c3ccc(NCCCCCN)cc3C2=O)cc1. The summed E-state index contributed by atoms with van der Waals surface area (Å²) >= 11 is 0. The Bertz CT molecular complexity index is 828. The minimum atomic E-state index is -0.265. The Labute approximate surface area is 160 Å². The van der Waals surface area contributed by atoms with Crippen LogP contribution in [0.15, 0.2) is 42.5 Å². The van der Waals surface area contributed by atoms with Gasteiger partial charge in [0, 0.05) is 12.2 Å². The maximum absolute atomic E-state index is 12.9. The van der Waals surface area contributed by atoms with Crippen LogP contribution in [0.2, 0.25) is 0 Å². The van der Waals surface area contributed by atoms with Crippen LogP contribution >= 0.6 is 0 Å². The summed E-state index contributed by atoms with van der Waals surface area (Å²) in [6, 6.07) is 13.0. The molecule has 0 aromatic heterocycles. The molecule has 0 radical (unpaired) electrons.